The molecule has 1 unspecified atom stereocenters. The molecular formula is C9H7ClI2O. The van der Waals surface area contributed by atoms with Crippen LogP contribution in [0.5, 0.6) is 0 Å². The first kappa shape index (κ1) is 11.7. The molecule has 0 heterocycles. The molecule has 0 aliphatic carbocycles. The van der Waals surface area contributed by atoms with E-state index in [1.54, 1.807) is 0 Å². The van der Waals surface area contributed by atoms with Crippen molar-refractivity contribution in [1.29, 1.82) is 0 Å². The third-order valence-corrected chi connectivity index (χ3v) is 4.41. The molecule has 0 fully saturated rings. The molecule has 4 heteroatoms. The molecule has 13 heavy (non-hydrogen) atoms. The molecule has 0 bridgehead atoms. The van der Waals surface area contributed by atoms with Gasteiger partial charge in [0, 0.05) is 9.13 Å². The van der Waals surface area contributed by atoms with Crippen molar-refractivity contribution in [2.24, 2.45) is 0 Å². The van der Waals surface area contributed by atoms with Crippen molar-refractivity contribution in [1.82, 2.24) is 0 Å². The summed E-state index contributed by atoms with van der Waals surface area (Å²) in [6, 6.07) is 7.63. The summed E-state index contributed by atoms with van der Waals surface area (Å²) in [6.45, 7) is 1.50. The van der Waals surface area contributed by atoms with E-state index in [4.69, 9.17) is 11.6 Å². The van der Waals surface area contributed by atoms with Crippen LogP contribution in [-0.2, 0) is 7.68 Å². The Morgan fingerprint density at radius 1 is 1.46 bits per heavy atom. The summed E-state index contributed by atoms with van der Waals surface area (Å²) in [5.74, 6) is -0.0427. The molecule has 0 aromatic heterocycles. The van der Waals surface area contributed by atoms with Gasteiger partial charge in [0.15, 0.2) is 8.66 Å². The highest BCUT2D eigenvalue weighted by Crippen LogP contribution is 2.39. The molecule has 1 aromatic carbocycles. The Morgan fingerprint density at radius 3 is 2.46 bits per heavy atom. The Kier molecular flexibility index (Phi) is 4.00. The lowest BCUT2D eigenvalue weighted by atomic mass is 10.1. The van der Waals surface area contributed by atoms with E-state index in [0.717, 1.165) is 9.13 Å². The number of rotatable bonds is 2. The van der Waals surface area contributed by atoms with Crippen LogP contribution in [0.1, 0.15) is 12.5 Å². The van der Waals surface area contributed by atoms with Crippen molar-refractivity contribution in [2.75, 3.05) is 0 Å². The smallest absolute Gasteiger partial charge is 0.179 e. The molecule has 0 N–H and O–H groups in total. The fraction of sp³-hybridized carbons (Fsp3) is 0.222. The minimum absolute atomic E-state index is 0.0427. The van der Waals surface area contributed by atoms with E-state index < -0.39 is 2.88 Å². The van der Waals surface area contributed by atoms with Crippen LogP contribution < -0.4 is 0 Å². The van der Waals surface area contributed by atoms with Gasteiger partial charge in [0.2, 0.25) is 0 Å². The second-order valence-corrected chi connectivity index (χ2v) is 6.60. The monoisotopic (exact) mass is 420 g/mol. The quantitative estimate of drug-likeness (QED) is 0.527. The highest BCUT2D eigenvalue weighted by atomic mass is 127. The molecule has 0 aliphatic rings. The molecule has 1 nitrogen and oxygen atoms in total. The molecule has 0 saturated carbocycles. The highest BCUT2D eigenvalue weighted by Gasteiger charge is 2.32. The summed E-state index contributed by atoms with van der Waals surface area (Å²) < 4.78 is 0.0925. The van der Waals surface area contributed by atoms with Gasteiger partial charge in [-0.3, -0.25) is 4.79 Å². The molecule has 1 atom stereocenters. The van der Waals surface area contributed by atoms with Crippen LogP contribution in [0.3, 0.4) is 0 Å². The normalized spacial score (nSPS) is 15.1. The molecule has 0 saturated heterocycles. The Balaban J connectivity index is 3.22. The zero-order valence-electron chi connectivity index (χ0n) is 6.85. The third-order valence-electron chi connectivity index (χ3n) is 1.65. The van der Waals surface area contributed by atoms with Gasteiger partial charge in [0.25, 0.3) is 0 Å². The molecule has 1 rings (SSSR count). The number of hydrogen-bond donors (Lipinski definition) is 0. The largest absolute Gasteiger partial charge is 0.297 e. The second-order valence-electron chi connectivity index (χ2n) is 2.61. The number of ketones is 1. The molecule has 0 spiro atoms. The van der Waals surface area contributed by atoms with Gasteiger partial charge in [-0.05, 0) is 58.2 Å². The fourth-order valence-electron chi connectivity index (χ4n) is 0.905. The van der Waals surface area contributed by atoms with E-state index in [0.29, 0.717) is 0 Å². The summed E-state index contributed by atoms with van der Waals surface area (Å²) in [6.07, 6.45) is 0. The zero-order valence-corrected chi connectivity index (χ0v) is 11.9. The summed E-state index contributed by atoms with van der Waals surface area (Å²) in [7, 11) is 0. The van der Waals surface area contributed by atoms with E-state index in [-0.39, 0.29) is 5.78 Å². The van der Waals surface area contributed by atoms with Gasteiger partial charge in [0.1, 0.15) is 0 Å². The lowest BCUT2D eigenvalue weighted by molar-refractivity contribution is -0.117. The van der Waals surface area contributed by atoms with E-state index >= 15 is 0 Å². The Morgan fingerprint density at radius 2 is 2.00 bits per heavy atom. The van der Waals surface area contributed by atoms with E-state index in [2.05, 4.69) is 22.6 Å². The number of hydrogen-bond acceptors (Lipinski definition) is 1. The van der Waals surface area contributed by atoms with Crippen molar-refractivity contribution >= 4 is 62.6 Å². The average molecular weight is 420 g/mol. The third kappa shape index (κ3) is 2.56. The van der Waals surface area contributed by atoms with Crippen LogP contribution in [0.2, 0.25) is 0 Å². The van der Waals surface area contributed by atoms with Gasteiger partial charge >= 0.3 is 0 Å². The van der Waals surface area contributed by atoms with Gasteiger partial charge in [0.05, 0.1) is 0 Å². The predicted molar refractivity (Wildman–Crippen MR) is 71.4 cm³/mol. The van der Waals surface area contributed by atoms with Gasteiger partial charge in [-0.1, -0.05) is 29.8 Å². The van der Waals surface area contributed by atoms with Crippen molar-refractivity contribution < 1.29 is 4.79 Å². The maximum atomic E-state index is 11.3. The lowest BCUT2D eigenvalue weighted by Crippen LogP contribution is -2.20. The number of benzene rings is 1. The summed E-state index contributed by atoms with van der Waals surface area (Å²) in [5.41, 5.74) is 0.866. The summed E-state index contributed by atoms with van der Waals surface area (Å²) in [4.78, 5) is 11.3. The maximum Gasteiger partial charge on any atom is 0.179 e. The van der Waals surface area contributed by atoms with E-state index in [1.807, 2.05) is 46.9 Å². The topological polar surface area (TPSA) is 17.1 Å². The van der Waals surface area contributed by atoms with E-state index in [9.17, 15) is 4.79 Å². The molecular weight excluding hydrogens is 413 g/mol. The molecule has 70 valence electrons. The first-order valence-electron chi connectivity index (χ1n) is 3.60. The van der Waals surface area contributed by atoms with Crippen molar-refractivity contribution in [3.63, 3.8) is 0 Å². The molecule has 0 aliphatic heterocycles. The highest BCUT2D eigenvalue weighted by molar-refractivity contribution is 14.1. The van der Waals surface area contributed by atoms with E-state index in [1.165, 1.54) is 6.92 Å². The fourth-order valence-corrected chi connectivity index (χ4v) is 3.01. The van der Waals surface area contributed by atoms with Crippen LogP contribution >= 0.6 is 56.8 Å². The maximum absolute atomic E-state index is 11.3. The standard InChI is InChI=1S/C9H7ClI2O/c1-6(13)9(10,12)7-4-2-3-5-8(7)11/h2-5H,1H3. The molecule has 1 aromatic rings. The number of Topliss-reactive ketones (excluding diaryl/α,β-unsaturated/α-hetero) is 1. The molecule has 0 radical (unpaired) electrons. The van der Waals surface area contributed by atoms with Crippen molar-refractivity contribution in [2.45, 2.75) is 9.80 Å². The average Bonchev–Trinajstić information content (AvgIpc) is 2.04. The SMILES string of the molecule is CC(=O)C(Cl)(I)c1ccccc1I. The van der Waals surface area contributed by atoms with Gasteiger partial charge in [-0.25, -0.2) is 0 Å². The number of carbonyl (C=O) groups is 1. The van der Waals surface area contributed by atoms with Crippen LogP contribution in [-0.4, -0.2) is 5.78 Å². The summed E-state index contributed by atoms with van der Waals surface area (Å²) >= 11 is 10.3. The summed E-state index contributed by atoms with van der Waals surface area (Å²) in [5, 5.41) is 0. The van der Waals surface area contributed by atoms with Crippen LogP contribution in [0.4, 0.5) is 0 Å². The van der Waals surface area contributed by atoms with Crippen molar-refractivity contribution in [3.05, 3.63) is 33.4 Å². The lowest BCUT2D eigenvalue weighted by Gasteiger charge is -2.18. The minimum atomic E-state index is -0.921. The first-order valence-corrected chi connectivity index (χ1v) is 6.13. The second kappa shape index (κ2) is 4.44. The Labute approximate surface area is 110 Å². The first-order chi connectivity index (χ1) is 5.96. The number of alkyl halides is 2. The minimum Gasteiger partial charge on any atom is -0.297 e. The van der Waals surface area contributed by atoms with Crippen LogP contribution in [0.25, 0.3) is 0 Å². The van der Waals surface area contributed by atoms with Gasteiger partial charge in [-0.15, -0.1) is 0 Å². The number of halogens is 3. The van der Waals surface area contributed by atoms with Gasteiger partial charge < -0.3 is 0 Å². The Hall–Kier alpha value is 0.640. The van der Waals surface area contributed by atoms with Crippen LogP contribution in [0, 0.1) is 3.57 Å². The predicted octanol–water partition coefficient (Wildman–Crippen LogP) is 3.71. The number of carbonyl (C=O) groups excluding carboxylic acids is 1. The van der Waals surface area contributed by atoms with Crippen LogP contribution in [0.15, 0.2) is 24.3 Å². The Bertz CT molecular complexity index is 336. The zero-order chi connectivity index (χ0) is 10.1. The van der Waals surface area contributed by atoms with Gasteiger partial charge in [-0.2, -0.15) is 0 Å². The van der Waals surface area contributed by atoms with Crippen molar-refractivity contribution in [3.8, 4) is 0 Å². The molecule has 0 amide bonds.